The minimum Gasteiger partial charge on any atom is -0.310 e. The van der Waals surface area contributed by atoms with Crippen molar-refractivity contribution in [1.82, 2.24) is 0 Å². The van der Waals surface area contributed by atoms with Crippen molar-refractivity contribution in [2.24, 2.45) is 0 Å². The van der Waals surface area contributed by atoms with E-state index in [4.69, 9.17) is 0 Å². The summed E-state index contributed by atoms with van der Waals surface area (Å²) in [5.41, 5.74) is 51.9. The summed E-state index contributed by atoms with van der Waals surface area (Å²) in [6, 6.07) is 129. The van der Waals surface area contributed by atoms with E-state index < -0.39 is 0 Å². The van der Waals surface area contributed by atoms with Crippen LogP contribution in [0.4, 0.5) is 34.1 Å². The second kappa shape index (κ2) is 38.3. The van der Waals surface area contributed by atoms with E-state index in [0.29, 0.717) is 0 Å². The van der Waals surface area contributed by atoms with Crippen LogP contribution in [-0.4, -0.2) is 0 Å². The number of fused-ring (bicyclic) bond motifs is 6. The van der Waals surface area contributed by atoms with Crippen LogP contribution in [-0.2, 0) is 70.4 Å². The van der Waals surface area contributed by atoms with Gasteiger partial charge < -0.3 is 9.80 Å². The molecule has 2 nitrogen and oxygen atoms in total. The molecule has 0 bridgehead atoms. The Bertz CT molecular complexity index is 7610. The van der Waals surface area contributed by atoms with E-state index in [1.807, 2.05) is 0 Å². The minimum absolute atomic E-state index is 0.0160. The Balaban J connectivity index is 0.000000202. The van der Waals surface area contributed by atoms with E-state index >= 15 is 0 Å². The topological polar surface area (TPSA) is 6.48 Å². The molecule has 0 saturated carbocycles. The van der Waals surface area contributed by atoms with Gasteiger partial charge in [0.25, 0.3) is 0 Å². The van der Waals surface area contributed by atoms with Crippen molar-refractivity contribution in [3.63, 3.8) is 0 Å². The molecule has 0 unspecified atom stereocenters. The lowest BCUT2D eigenvalue weighted by atomic mass is 9.77. The second-order valence-electron chi connectivity index (χ2n) is 55.6. The highest BCUT2D eigenvalue weighted by Gasteiger charge is 2.40. The Kier molecular flexibility index (Phi) is 27.5. The first-order valence-corrected chi connectivity index (χ1v) is 54.5. The van der Waals surface area contributed by atoms with Crippen molar-refractivity contribution in [3.8, 4) is 111 Å². The molecule has 0 radical (unpaired) electrons. The van der Waals surface area contributed by atoms with Crippen LogP contribution in [0.3, 0.4) is 0 Å². The molecule has 2 aliphatic carbocycles. The van der Waals surface area contributed by atoms with Gasteiger partial charge in [-0.3, -0.25) is 0 Å². The number of hydrogen-bond acceptors (Lipinski definition) is 2. The van der Waals surface area contributed by atoms with Crippen LogP contribution < -0.4 is 9.80 Å². The largest absolute Gasteiger partial charge is 0.310 e. The molecule has 0 heterocycles. The van der Waals surface area contributed by atoms with Crippen molar-refractivity contribution < 1.29 is 0 Å². The highest BCUT2D eigenvalue weighted by Crippen LogP contribution is 2.56. The van der Waals surface area contributed by atoms with E-state index in [9.17, 15) is 0 Å². The summed E-state index contributed by atoms with van der Waals surface area (Å²) in [7, 11) is 0. The minimum atomic E-state index is -0.139. The molecule has 2 aliphatic rings. The average molecular weight is 1950 g/mol. The first kappa shape index (κ1) is 106. The summed E-state index contributed by atoms with van der Waals surface area (Å²) in [5, 5.41) is 0. The molecule has 0 saturated heterocycles. The van der Waals surface area contributed by atoms with E-state index in [0.717, 1.165) is 34.1 Å². The highest BCUT2D eigenvalue weighted by molar-refractivity contribution is 5.92. The van der Waals surface area contributed by atoms with Gasteiger partial charge in [0.1, 0.15) is 0 Å². The molecule has 0 N–H and O–H groups in total. The van der Waals surface area contributed by atoms with E-state index in [2.05, 4.69) is 600 Å². The third kappa shape index (κ3) is 22.3. The number of hydrogen-bond donors (Lipinski definition) is 0. The Hall–Kier alpha value is -12.9. The van der Waals surface area contributed by atoms with Gasteiger partial charge in [-0.25, -0.2) is 0 Å². The van der Waals surface area contributed by atoms with Crippen LogP contribution in [0.5, 0.6) is 0 Å². The summed E-state index contributed by atoms with van der Waals surface area (Å²) < 4.78 is 0. The molecule has 0 fully saturated rings. The van der Waals surface area contributed by atoms with Crippen LogP contribution in [0.1, 0.15) is 340 Å². The third-order valence-corrected chi connectivity index (χ3v) is 31.7. The lowest BCUT2D eigenvalue weighted by Crippen LogP contribution is -2.17. The molecular weight excluding hydrogens is 1780 g/mol. The van der Waals surface area contributed by atoms with Gasteiger partial charge in [-0.15, -0.1) is 0 Å². The zero-order valence-corrected chi connectivity index (χ0v) is 96.6. The Labute approximate surface area is 892 Å². The van der Waals surface area contributed by atoms with Gasteiger partial charge >= 0.3 is 0 Å². The zero-order valence-electron chi connectivity index (χ0n) is 96.6. The molecule has 0 aliphatic heterocycles. The van der Waals surface area contributed by atoms with Gasteiger partial charge in [0.05, 0.1) is 0 Å². The average Bonchev–Trinajstić information content (AvgIpc) is 1.58. The van der Waals surface area contributed by atoms with Crippen LogP contribution in [0.15, 0.2) is 334 Å². The van der Waals surface area contributed by atoms with E-state index in [1.165, 1.54) is 195 Å². The lowest BCUT2D eigenvalue weighted by Gasteiger charge is -2.29. The molecule has 0 spiro atoms. The van der Waals surface area contributed by atoms with E-state index in [1.54, 1.807) is 0 Å². The maximum Gasteiger partial charge on any atom is 0.0467 e. The number of anilines is 6. The first-order valence-electron chi connectivity index (χ1n) is 54.5. The van der Waals surface area contributed by atoms with Gasteiger partial charge in [-0.2, -0.15) is 0 Å². The Morgan fingerprint density at radius 2 is 0.318 bits per heavy atom. The van der Waals surface area contributed by atoms with Crippen LogP contribution in [0.25, 0.3) is 111 Å². The van der Waals surface area contributed by atoms with Crippen molar-refractivity contribution in [2.45, 2.75) is 327 Å². The third-order valence-electron chi connectivity index (χ3n) is 31.7. The molecule has 0 aromatic heterocycles. The molecule has 0 atom stereocenters. The summed E-state index contributed by atoms with van der Waals surface area (Å²) in [6.45, 7) is 86.4. The Morgan fingerprint density at radius 3 is 0.581 bits per heavy atom. The van der Waals surface area contributed by atoms with Gasteiger partial charge in [0, 0.05) is 45.0 Å². The molecule has 760 valence electrons. The fraction of sp³-hybridized carbons (Fsp3) is 0.342. The van der Waals surface area contributed by atoms with Gasteiger partial charge in [-0.05, 0) is 351 Å². The SMILES string of the molecule is CC(C)(C)c1cc(-c2cccc(N(c3ccc(-c4cc(C(C)(C)C)cc(C(C)(C)C)c4)cc3)c3ccc4c(c3)C(C)(C)c3ccccc3-4)c2)cc(-c2cc(-c3cc(C(C)(C)C)cc(C(C)(C)C)c3)cc(C(C)(C)C)c2)c1.CC(C)(C)c1cccc(-c2ccc(N(c3cccc(-c4cc(-c5cc(-c6cc(C(C)(C)C)cc(C(C)(C)C)c6)cc(C(C)(C)C)c5)cc(C(C)(C)C)c4)c3)c3ccc4c(c3)C(C)(C)c3ccccc3-4)cc2)c1. The monoisotopic (exact) mass is 1950 g/mol. The van der Waals surface area contributed by atoms with Gasteiger partial charge in [0.2, 0.25) is 0 Å². The lowest BCUT2D eigenvalue weighted by molar-refractivity contribution is 0.568. The standard InChI is InChI=1S/C75H87N.C71H79N/c1-69(2,3)56-36-50(34-51(37-56)52-35-53(39-57(38-52)70(4,5)6)55-42-60(73(13,14)15)46-61(43-55)74(16,17)18)49-24-23-25-63(44-49)76(64-32-33-66-65-26-21-22-27-67(65)75(19,20)68(66)47-64)62-30-28-48(29-31-62)54-40-58(71(7,8)9)45-59(41-54)72(10,11)12;1-66(2,3)54-24-20-22-47(36-54)46-28-30-59(31-29-46)72(61-32-33-63-62-26-18-19-27-64(62)71(16,17)65(63)45-61)60-25-21-23-48(43-60)49-34-50(38-55(37-49)67(4,5)6)51-35-52(40-56(39-51)68(7,8)9)53-41-57(69(10,11)12)44-58(42-53)70(13,14)15/h21-47H,1-20H3;18-45H,1-17H3. The molecule has 16 aromatic rings. The summed E-state index contributed by atoms with van der Waals surface area (Å²) in [5.74, 6) is 0. The normalized spacial score (nSPS) is 13.8. The smallest absolute Gasteiger partial charge is 0.0467 e. The van der Waals surface area contributed by atoms with Crippen LogP contribution >= 0.6 is 0 Å². The van der Waals surface area contributed by atoms with Crippen molar-refractivity contribution in [1.29, 1.82) is 0 Å². The molecular formula is C146H166N2. The van der Waals surface area contributed by atoms with Crippen molar-refractivity contribution in [2.75, 3.05) is 9.80 Å². The maximum atomic E-state index is 2.48. The molecule has 18 rings (SSSR count). The van der Waals surface area contributed by atoms with Crippen molar-refractivity contribution in [3.05, 3.63) is 417 Å². The highest BCUT2D eigenvalue weighted by atomic mass is 15.1. The predicted molar refractivity (Wildman–Crippen MR) is 647 cm³/mol. The predicted octanol–water partition coefficient (Wildman–Crippen LogP) is 42.5. The molecule has 0 amide bonds. The molecule has 16 aromatic carbocycles. The molecule has 148 heavy (non-hydrogen) atoms. The first-order chi connectivity index (χ1) is 68.7. The van der Waals surface area contributed by atoms with Gasteiger partial charge in [-0.1, -0.05) is 493 Å². The fourth-order valence-corrected chi connectivity index (χ4v) is 21.5. The Morgan fingerprint density at radius 1 is 0.128 bits per heavy atom. The van der Waals surface area contributed by atoms with Crippen LogP contribution in [0.2, 0.25) is 0 Å². The summed E-state index contributed by atoms with van der Waals surface area (Å²) in [4.78, 5) is 4.94. The fourth-order valence-electron chi connectivity index (χ4n) is 21.5. The van der Waals surface area contributed by atoms with E-state index in [-0.39, 0.29) is 70.4 Å². The quantitative estimate of drug-likeness (QED) is 0.107. The maximum absolute atomic E-state index is 2.48. The summed E-state index contributed by atoms with van der Waals surface area (Å²) in [6.07, 6.45) is 0. The summed E-state index contributed by atoms with van der Waals surface area (Å²) >= 11 is 0. The number of benzene rings is 16. The second-order valence-corrected chi connectivity index (χ2v) is 55.6. The molecule has 2 heteroatoms. The van der Waals surface area contributed by atoms with Crippen molar-refractivity contribution >= 4 is 34.1 Å². The number of rotatable bonds is 14. The zero-order chi connectivity index (χ0) is 107. The number of nitrogens with zero attached hydrogens (tertiary/aromatic N) is 2. The van der Waals surface area contributed by atoms with Gasteiger partial charge in [0.15, 0.2) is 0 Å². The van der Waals surface area contributed by atoms with Crippen LogP contribution in [0, 0.1) is 0 Å².